The molecule has 0 radical (unpaired) electrons. The van der Waals surface area contributed by atoms with Crippen LogP contribution in [-0.4, -0.2) is 52.6 Å². The molecule has 8 aromatic rings. The molecule has 0 fully saturated rings. The zero-order chi connectivity index (χ0) is 39.2. The second-order valence-corrected chi connectivity index (χ2v) is 15.5. The van der Waals surface area contributed by atoms with Gasteiger partial charge in [-0.25, -0.2) is 0 Å². The van der Waals surface area contributed by atoms with Crippen molar-refractivity contribution >= 4 is 86.3 Å². The molecule has 280 valence electrons. The van der Waals surface area contributed by atoms with Crippen molar-refractivity contribution in [2.45, 2.75) is 23.1 Å². The van der Waals surface area contributed by atoms with Crippen molar-refractivity contribution in [3.8, 4) is 17.2 Å². The van der Waals surface area contributed by atoms with Gasteiger partial charge in [-0.3, -0.25) is 9.11 Å². The van der Waals surface area contributed by atoms with E-state index in [1.165, 1.54) is 16.9 Å². The van der Waals surface area contributed by atoms with E-state index in [0.717, 1.165) is 29.0 Å². The van der Waals surface area contributed by atoms with Gasteiger partial charge in [-0.1, -0.05) is 37.3 Å². The van der Waals surface area contributed by atoms with Crippen LogP contribution in [0.2, 0.25) is 0 Å². The second kappa shape index (κ2) is 14.2. The third kappa shape index (κ3) is 7.14. The van der Waals surface area contributed by atoms with Crippen molar-refractivity contribution in [3.05, 3.63) is 115 Å². The molecule has 1 heterocycles. The maximum absolute atomic E-state index is 12.1. The van der Waals surface area contributed by atoms with Crippen LogP contribution in [-0.2, 0) is 20.2 Å². The smallest absolute Gasteiger partial charge is 0.295 e. The Hall–Kier alpha value is -6.66. The van der Waals surface area contributed by atoms with Crippen LogP contribution in [0.5, 0.6) is 11.5 Å². The molecule has 0 aliphatic heterocycles. The summed E-state index contributed by atoms with van der Waals surface area (Å²) >= 11 is 0. The summed E-state index contributed by atoms with van der Waals surface area (Å²) in [6.07, 6.45) is 0.907. The first-order valence-electron chi connectivity index (χ1n) is 17.0. The summed E-state index contributed by atoms with van der Waals surface area (Å²) in [5, 5.41) is 40.4. The van der Waals surface area contributed by atoms with E-state index in [9.17, 15) is 31.0 Å². The normalized spacial score (nSPS) is 12.6. The third-order valence-corrected chi connectivity index (χ3v) is 10.6. The molecule has 0 unspecified atom stereocenters. The summed E-state index contributed by atoms with van der Waals surface area (Å²) in [6.45, 7) is 2.69. The molecule has 0 aliphatic carbocycles. The molecule has 1 aromatic heterocycles. The van der Waals surface area contributed by atoms with E-state index in [4.69, 9.17) is 4.74 Å². The summed E-state index contributed by atoms with van der Waals surface area (Å²) < 4.78 is 73.4. The Balaban J connectivity index is 1.03. The molecule has 56 heavy (non-hydrogen) atoms. The average molecular weight is 788 g/mol. The van der Waals surface area contributed by atoms with Gasteiger partial charge in [0.1, 0.15) is 27.4 Å². The van der Waals surface area contributed by atoms with Crippen molar-refractivity contribution in [1.82, 2.24) is 15.0 Å². The molecular formula is C39H29N7O8S2. The Bertz CT molecular complexity index is 3150. The van der Waals surface area contributed by atoms with Crippen molar-refractivity contribution in [1.29, 1.82) is 0 Å². The Labute approximate surface area is 318 Å². The summed E-state index contributed by atoms with van der Waals surface area (Å²) in [6, 6.07) is 31.6. The average Bonchev–Trinajstić information content (AvgIpc) is 3.63. The lowest BCUT2D eigenvalue weighted by atomic mass is 10.1. The van der Waals surface area contributed by atoms with Crippen LogP contribution in [0.3, 0.4) is 0 Å². The Kier molecular flexibility index (Phi) is 9.21. The van der Waals surface area contributed by atoms with Gasteiger partial charge in [-0.2, -0.15) is 37.0 Å². The molecule has 0 amide bonds. The number of phenols is 1. The first-order valence-corrected chi connectivity index (χ1v) is 19.9. The van der Waals surface area contributed by atoms with Crippen molar-refractivity contribution in [3.63, 3.8) is 0 Å². The van der Waals surface area contributed by atoms with E-state index in [1.807, 2.05) is 36.4 Å². The van der Waals surface area contributed by atoms with Crippen LogP contribution >= 0.6 is 0 Å². The van der Waals surface area contributed by atoms with Crippen molar-refractivity contribution in [2.75, 3.05) is 6.61 Å². The van der Waals surface area contributed by atoms with Crippen molar-refractivity contribution < 1.29 is 35.8 Å². The molecule has 3 N–H and O–H groups in total. The van der Waals surface area contributed by atoms with Gasteiger partial charge in [0.15, 0.2) is 5.75 Å². The summed E-state index contributed by atoms with van der Waals surface area (Å²) in [5.74, 6) is 0.695. The number of phenolic OH excluding ortho intramolecular Hbond substituents is 1. The fourth-order valence-corrected chi connectivity index (χ4v) is 7.51. The molecule has 0 spiro atoms. The number of aromatic nitrogens is 3. The second-order valence-electron chi connectivity index (χ2n) is 12.7. The highest BCUT2D eigenvalue weighted by Gasteiger charge is 2.23. The van der Waals surface area contributed by atoms with Gasteiger partial charge >= 0.3 is 0 Å². The number of hydrogen-bond donors (Lipinski definition) is 3. The maximum Gasteiger partial charge on any atom is 0.295 e. The topological polar surface area (TPSA) is 218 Å². The number of benzene rings is 7. The number of hydrogen-bond acceptors (Lipinski definition) is 12. The first kappa shape index (κ1) is 36.3. The largest absolute Gasteiger partial charge is 0.505 e. The lowest BCUT2D eigenvalue weighted by molar-refractivity contribution is 0.321. The number of aromatic hydroxyl groups is 1. The minimum atomic E-state index is -4.88. The van der Waals surface area contributed by atoms with Gasteiger partial charge in [-0.05, 0) is 102 Å². The fraction of sp³-hybridized carbons (Fsp3) is 0.0769. The zero-order valence-corrected chi connectivity index (χ0v) is 30.8. The molecule has 7 aromatic carbocycles. The number of ether oxygens (including phenoxy) is 1. The van der Waals surface area contributed by atoms with E-state index in [-0.39, 0.29) is 33.2 Å². The van der Waals surface area contributed by atoms with Crippen LogP contribution in [0.15, 0.2) is 146 Å². The maximum atomic E-state index is 12.1. The quantitative estimate of drug-likeness (QED) is 0.0880. The Morgan fingerprint density at radius 1 is 0.643 bits per heavy atom. The fourth-order valence-electron chi connectivity index (χ4n) is 6.17. The van der Waals surface area contributed by atoms with Crippen molar-refractivity contribution in [2.24, 2.45) is 20.5 Å². The van der Waals surface area contributed by atoms with Gasteiger partial charge in [0.25, 0.3) is 20.2 Å². The highest BCUT2D eigenvalue weighted by atomic mass is 32.2. The molecule has 15 nitrogen and oxygen atoms in total. The van der Waals surface area contributed by atoms with Crippen LogP contribution in [0.1, 0.15) is 13.3 Å². The van der Waals surface area contributed by atoms with Gasteiger partial charge in [-0.15, -0.1) is 15.3 Å². The van der Waals surface area contributed by atoms with Gasteiger partial charge < -0.3 is 9.84 Å². The highest BCUT2D eigenvalue weighted by Crippen LogP contribution is 2.38. The predicted octanol–water partition coefficient (Wildman–Crippen LogP) is 9.70. The highest BCUT2D eigenvalue weighted by molar-refractivity contribution is 7.86. The number of fused-ring (bicyclic) bond motifs is 5. The molecule has 0 saturated carbocycles. The molecular weight excluding hydrogens is 759 g/mol. The zero-order valence-electron chi connectivity index (χ0n) is 29.2. The lowest BCUT2D eigenvalue weighted by Crippen LogP contribution is -2.04. The molecule has 17 heteroatoms. The molecule has 0 saturated heterocycles. The monoisotopic (exact) mass is 787 g/mol. The molecule has 8 rings (SSSR count). The third-order valence-electron chi connectivity index (χ3n) is 8.87. The van der Waals surface area contributed by atoms with Gasteiger partial charge in [0.2, 0.25) is 0 Å². The van der Waals surface area contributed by atoms with E-state index < -0.39 is 30.0 Å². The van der Waals surface area contributed by atoms with Gasteiger partial charge in [0, 0.05) is 21.5 Å². The van der Waals surface area contributed by atoms with E-state index in [2.05, 4.69) is 37.6 Å². The Morgan fingerprint density at radius 2 is 1.34 bits per heavy atom. The molecule has 0 bridgehead atoms. The van der Waals surface area contributed by atoms with E-state index in [1.54, 1.807) is 54.6 Å². The predicted molar refractivity (Wildman–Crippen MR) is 210 cm³/mol. The summed E-state index contributed by atoms with van der Waals surface area (Å²) in [5.41, 5.74) is 2.90. The lowest BCUT2D eigenvalue weighted by Gasteiger charge is -2.08. The Morgan fingerprint density at radius 3 is 2.07 bits per heavy atom. The van der Waals surface area contributed by atoms with Crippen LogP contribution in [0, 0.1) is 0 Å². The summed E-state index contributed by atoms with van der Waals surface area (Å²) in [7, 11) is -9.72. The molecule has 0 aliphatic rings. The van der Waals surface area contributed by atoms with E-state index >= 15 is 0 Å². The minimum absolute atomic E-state index is 0.0182. The van der Waals surface area contributed by atoms with Gasteiger partial charge in [0.05, 0.1) is 34.3 Å². The number of rotatable bonds is 10. The van der Waals surface area contributed by atoms with Crippen LogP contribution in [0.4, 0.5) is 22.7 Å². The standard InChI is InChI=1S/C39H29N7O8S2/c1-2-18-54-36-5-3-4-23-6-8-27(20-32(23)36)42-40-25-9-11-26(12-10-25)41-43-35-16-7-24-19-28(13-14-30(24)39(35)47)46-44-34-17-15-31-33(38(34)45-46)21-29(55(48,49)50)22-37(31)56(51,52)53/h3-17,19-22,47H,2,18H2,1H3,(H,48,49,50)(H,51,52,53). The minimum Gasteiger partial charge on any atom is -0.505 e. The van der Waals surface area contributed by atoms with Crippen LogP contribution < -0.4 is 4.74 Å². The van der Waals surface area contributed by atoms with E-state index in [0.29, 0.717) is 46.2 Å². The number of azo groups is 2. The molecule has 0 atom stereocenters. The van der Waals surface area contributed by atoms with Crippen LogP contribution in [0.25, 0.3) is 49.0 Å². The SMILES string of the molecule is CCCOc1cccc2ccc(N=Nc3ccc(N=Nc4ccc5cc(-n6nc7ccc8c(S(=O)(=O)O)cc(S(=O)(=O)O)cc8c7n6)ccc5c4O)cc3)cc12. The summed E-state index contributed by atoms with van der Waals surface area (Å²) in [4.78, 5) is -0.194. The first-order chi connectivity index (χ1) is 26.9. The number of nitrogens with zero attached hydrogens (tertiary/aromatic N) is 7.